The Bertz CT molecular complexity index is 706. The number of carbonyl (C=O) groups excluding carboxylic acids is 1. The van der Waals surface area contributed by atoms with Gasteiger partial charge in [0.05, 0.1) is 6.61 Å². The number of nitrogens with one attached hydrogen (secondary N) is 1. The molecule has 1 amide bonds. The molecular weight excluding hydrogens is 314 g/mol. The average Bonchev–Trinajstić information content (AvgIpc) is 2.85. The van der Waals surface area contributed by atoms with Crippen molar-refractivity contribution in [3.63, 3.8) is 0 Å². The van der Waals surface area contributed by atoms with E-state index >= 15 is 0 Å². The largest absolute Gasteiger partial charge is 0.395 e. The standard InChI is InChI=1S/C16H21N3O3S/c1-12-11-23-16(22)19(12)8-7-15(21)17-13-3-5-14(6-4-13)18(2)9-10-20/h3-6,11,20H,7-10H2,1-2H3,(H,17,21). The zero-order valence-corrected chi connectivity index (χ0v) is 14.1. The molecule has 1 aromatic carbocycles. The average molecular weight is 335 g/mol. The van der Waals surface area contributed by atoms with E-state index in [0.717, 1.165) is 22.7 Å². The van der Waals surface area contributed by atoms with E-state index in [4.69, 9.17) is 5.11 Å². The van der Waals surface area contributed by atoms with Crippen molar-refractivity contribution in [2.45, 2.75) is 19.9 Å². The number of rotatable bonds is 7. The van der Waals surface area contributed by atoms with Gasteiger partial charge in [-0.1, -0.05) is 11.3 Å². The Kier molecular flexibility index (Phi) is 5.95. The predicted octanol–water partition coefficient (Wildman–Crippen LogP) is 1.68. The molecule has 0 spiro atoms. The molecule has 0 atom stereocenters. The Morgan fingerprint density at radius 2 is 2.04 bits per heavy atom. The second-order valence-electron chi connectivity index (χ2n) is 5.28. The van der Waals surface area contributed by atoms with E-state index < -0.39 is 0 Å². The fraction of sp³-hybridized carbons (Fsp3) is 0.375. The molecule has 2 aromatic rings. The highest BCUT2D eigenvalue weighted by molar-refractivity contribution is 7.07. The zero-order valence-electron chi connectivity index (χ0n) is 13.3. The number of aromatic nitrogens is 1. The van der Waals surface area contributed by atoms with Crippen molar-refractivity contribution in [3.05, 3.63) is 45.0 Å². The summed E-state index contributed by atoms with van der Waals surface area (Å²) in [6, 6.07) is 7.42. The highest BCUT2D eigenvalue weighted by atomic mass is 32.1. The van der Waals surface area contributed by atoms with Crippen LogP contribution in [0.1, 0.15) is 12.1 Å². The van der Waals surface area contributed by atoms with Gasteiger partial charge < -0.3 is 19.9 Å². The minimum atomic E-state index is -0.126. The first-order valence-electron chi connectivity index (χ1n) is 7.38. The number of likely N-dealkylation sites (N-methyl/N-ethyl adjacent to an activating group) is 1. The van der Waals surface area contributed by atoms with Crippen molar-refractivity contribution >= 4 is 28.6 Å². The lowest BCUT2D eigenvalue weighted by Crippen LogP contribution is -2.21. The zero-order chi connectivity index (χ0) is 16.8. The van der Waals surface area contributed by atoms with Crippen molar-refractivity contribution < 1.29 is 9.90 Å². The Morgan fingerprint density at radius 3 is 2.61 bits per heavy atom. The Labute approximate surface area is 139 Å². The first-order chi connectivity index (χ1) is 11.0. The maximum atomic E-state index is 12.0. The number of nitrogens with zero attached hydrogens (tertiary/aromatic N) is 2. The molecule has 7 heteroatoms. The third-order valence-corrected chi connectivity index (χ3v) is 4.45. The fourth-order valence-corrected chi connectivity index (χ4v) is 2.95. The minimum Gasteiger partial charge on any atom is -0.395 e. The molecule has 0 aliphatic carbocycles. The summed E-state index contributed by atoms with van der Waals surface area (Å²) >= 11 is 1.15. The first kappa shape index (κ1) is 17.2. The quantitative estimate of drug-likeness (QED) is 0.807. The first-order valence-corrected chi connectivity index (χ1v) is 8.26. The van der Waals surface area contributed by atoms with Gasteiger partial charge in [0.2, 0.25) is 5.91 Å². The van der Waals surface area contributed by atoms with Gasteiger partial charge in [-0.3, -0.25) is 9.59 Å². The van der Waals surface area contributed by atoms with E-state index in [1.165, 1.54) is 0 Å². The van der Waals surface area contributed by atoms with Crippen LogP contribution in [0.15, 0.2) is 34.4 Å². The van der Waals surface area contributed by atoms with Crippen LogP contribution >= 0.6 is 11.3 Å². The van der Waals surface area contributed by atoms with Crippen LogP contribution in [-0.2, 0) is 11.3 Å². The molecule has 0 bridgehead atoms. The van der Waals surface area contributed by atoms with E-state index in [1.807, 2.05) is 43.1 Å². The molecule has 1 heterocycles. The summed E-state index contributed by atoms with van der Waals surface area (Å²) in [6.07, 6.45) is 0.254. The summed E-state index contributed by atoms with van der Waals surface area (Å²) in [5.74, 6) is -0.126. The molecule has 2 N–H and O–H groups in total. The molecule has 0 saturated carbocycles. The van der Waals surface area contributed by atoms with E-state index in [2.05, 4.69) is 5.32 Å². The molecule has 0 aliphatic heterocycles. The van der Waals surface area contributed by atoms with Crippen molar-refractivity contribution in [2.75, 3.05) is 30.4 Å². The van der Waals surface area contributed by atoms with Crippen LogP contribution in [0.25, 0.3) is 0 Å². The number of aryl methyl sites for hydroxylation is 1. The normalized spacial score (nSPS) is 10.6. The van der Waals surface area contributed by atoms with Crippen molar-refractivity contribution in [1.82, 2.24) is 4.57 Å². The number of hydrogen-bond acceptors (Lipinski definition) is 5. The van der Waals surface area contributed by atoms with Crippen LogP contribution in [0.4, 0.5) is 11.4 Å². The van der Waals surface area contributed by atoms with Crippen LogP contribution in [0, 0.1) is 6.92 Å². The van der Waals surface area contributed by atoms with Gasteiger partial charge in [-0.15, -0.1) is 0 Å². The van der Waals surface area contributed by atoms with E-state index in [1.54, 1.807) is 9.95 Å². The lowest BCUT2D eigenvalue weighted by Gasteiger charge is -2.18. The SMILES string of the molecule is Cc1csc(=O)n1CCC(=O)Nc1ccc(N(C)CCO)cc1. The number of anilines is 2. The summed E-state index contributed by atoms with van der Waals surface area (Å²) in [6.45, 7) is 2.89. The molecule has 124 valence electrons. The molecule has 1 aromatic heterocycles. The second-order valence-corrected chi connectivity index (χ2v) is 6.11. The third-order valence-electron chi connectivity index (χ3n) is 3.57. The maximum absolute atomic E-state index is 12.0. The van der Waals surface area contributed by atoms with Crippen molar-refractivity contribution in [2.24, 2.45) is 0 Å². The lowest BCUT2D eigenvalue weighted by atomic mass is 10.2. The highest BCUT2D eigenvalue weighted by Crippen LogP contribution is 2.16. The smallest absolute Gasteiger partial charge is 0.307 e. The fourth-order valence-electron chi connectivity index (χ4n) is 2.19. The molecule has 0 fully saturated rings. The Morgan fingerprint density at radius 1 is 1.35 bits per heavy atom. The third kappa shape index (κ3) is 4.67. The van der Waals surface area contributed by atoms with Crippen LogP contribution in [-0.4, -0.2) is 35.8 Å². The highest BCUT2D eigenvalue weighted by Gasteiger charge is 2.07. The second kappa shape index (κ2) is 7.94. The Balaban J connectivity index is 1.89. The molecule has 2 rings (SSSR count). The van der Waals surface area contributed by atoms with Gasteiger partial charge in [-0.25, -0.2) is 0 Å². The predicted molar refractivity (Wildman–Crippen MR) is 93.4 cm³/mol. The minimum absolute atomic E-state index is 0.0356. The van der Waals surface area contributed by atoms with Crippen molar-refractivity contribution in [3.8, 4) is 0 Å². The Hall–Kier alpha value is -2.12. The van der Waals surface area contributed by atoms with E-state index in [-0.39, 0.29) is 23.8 Å². The number of carbonyl (C=O) groups is 1. The van der Waals surface area contributed by atoms with Crippen LogP contribution < -0.4 is 15.1 Å². The number of hydrogen-bond donors (Lipinski definition) is 2. The molecule has 0 saturated heterocycles. The van der Waals surface area contributed by atoms with Gasteiger partial charge in [0.1, 0.15) is 0 Å². The molecular formula is C16H21N3O3S. The lowest BCUT2D eigenvalue weighted by molar-refractivity contribution is -0.116. The topological polar surface area (TPSA) is 74.6 Å². The van der Waals surface area contributed by atoms with Gasteiger partial charge in [0.25, 0.3) is 0 Å². The monoisotopic (exact) mass is 335 g/mol. The molecule has 0 unspecified atom stereocenters. The van der Waals surface area contributed by atoms with Gasteiger partial charge in [-0.2, -0.15) is 0 Å². The summed E-state index contributed by atoms with van der Waals surface area (Å²) in [5.41, 5.74) is 2.56. The van der Waals surface area contributed by atoms with Crippen LogP contribution in [0.5, 0.6) is 0 Å². The summed E-state index contributed by atoms with van der Waals surface area (Å²) < 4.78 is 1.61. The number of aliphatic hydroxyl groups excluding tert-OH is 1. The van der Waals surface area contributed by atoms with Crippen molar-refractivity contribution in [1.29, 1.82) is 0 Å². The van der Waals surface area contributed by atoms with E-state index in [0.29, 0.717) is 18.8 Å². The maximum Gasteiger partial charge on any atom is 0.307 e. The molecule has 0 radical (unpaired) electrons. The summed E-state index contributed by atoms with van der Waals surface area (Å²) in [4.78, 5) is 25.5. The molecule has 23 heavy (non-hydrogen) atoms. The molecule has 0 aliphatic rings. The van der Waals surface area contributed by atoms with E-state index in [9.17, 15) is 9.59 Å². The van der Waals surface area contributed by atoms with Crippen LogP contribution in [0.2, 0.25) is 0 Å². The number of amides is 1. The number of aliphatic hydroxyl groups is 1. The van der Waals surface area contributed by atoms with Crippen LogP contribution in [0.3, 0.4) is 0 Å². The van der Waals surface area contributed by atoms with Gasteiger partial charge in [0.15, 0.2) is 0 Å². The molecule has 6 nitrogen and oxygen atoms in total. The van der Waals surface area contributed by atoms with Gasteiger partial charge in [-0.05, 0) is 31.2 Å². The van der Waals surface area contributed by atoms with Gasteiger partial charge >= 0.3 is 4.87 Å². The number of benzene rings is 1. The summed E-state index contributed by atoms with van der Waals surface area (Å²) in [5, 5.41) is 13.5. The summed E-state index contributed by atoms with van der Waals surface area (Å²) in [7, 11) is 1.89. The number of thiazole rings is 1. The van der Waals surface area contributed by atoms with Gasteiger partial charge in [0, 0.05) is 49.0 Å².